The van der Waals surface area contributed by atoms with E-state index >= 15 is 0 Å². The van der Waals surface area contributed by atoms with Gasteiger partial charge in [-0.1, -0.05) is 13.8 Å². The molecule has 1 unspecified atom stereocenters. The second-order valence-electron chi connectivity index (χ2n) is 4.27. The summed E-state index contributed by atoms with van der Waals surface area (Å²) in [6, 6.07) is 2.21. The van der Waals surface area contributed by atoms with E-state index in [0.29, 0.717) is 0 Å². The van der Waals surface area contributed by atoms with Gasteiger partial charge in [-0.2, -0.15) is 11.8 Å². The third-order valence-electron chi connectivity index (χ3n) is 2.75. The van der Waals surface area contributed by atoms with E-state index in [1.807, 2.05) is 11.8 Å². The summed E-state index contributed by atoms with van der Waals surface area (Å²) >= 11 is 1.94. The molecule has 1 N–H and O–H groups in total. The predicted octanol–water partition coefficient (Wildman–Crippen LogP) is 3.13. The highest BCUT2D eigenvalue weighted by Gasteiger charge is 1.99. The Morgan fingerprint density at radius 1 is 1.50 bits per heavy atom. The summed E-state index contributed by atoms with van der Waals surface area (Å²) in [6.45, 7) is 7.73. The molecule has 0 amide bonds. The average Bonchev–Trinajstić information content (AvgIpc) is 2.72. The highest BCUT2D eigenvalue weighted by atomic mass is 32.2. The Kier molecular flexibility index (Phi) is 6.65. The Hall–Kier alpha value is -0.410. The van der Waals surface area contributed by atoms with Crippen molar-refractivity contribution in [1.82, 2.24) is 9.88 Å². The molecule has 0 spiro atoms. The molecule has 16 heavy (non-hydrogen) atoms. The van der Waals surface area contributed by atoms with Gasteiger partial charge in [0.25, 0.3) is 0 Å². The second-order valence-corrected chi connectivity index (χ2v) is 5.55. The van der Waals surface area contributed by atoms with Crippen LogP contribution in [0, 0.1) is 0 Å². The van der Waals surface area contributed by atoms with Crippen LogP contribution in [0.1, 0.15) is 32.3 Å². The van der Waals surface area contributed by atoms with Crippen molar-refractivity contribution < 1.29 is 0 Å². The first-order valence-electron chi connectivity index (χ1n) is 6.14. The van der Waals surface area contributed by atoms with Crippen LogP contribution in [-0.2, 0) is 13.1 Å². The van der Waals surface area contributed by atoms with E-state index in [1.165, 1.54) is 18.4 Å². The molecule has 0 aliphatic heterocycles. The van der Waals surface area contributed by atoms with Gasteiger partial charge in [0.05, 0.1) is 0 Å². The second kappa shape index (κ2) is 7.80. The molecule has 1 atom stereocenters. The van der Waals surface area contributed by atoms with Crippen LogP contribution in [0.25, 0.3) is 0 Å². The summed E-state index contributed by atoms with van der Waals surface area (Å²) < 4.78 is 2.27. The van der Waals surface area contributed by atoms with Gasteiger partial charge in [0.15, 0.2) is 0 Å². The fourth-order valence-electron chi connectivity index (χ4n) is 1.65. The summed E-state index contributed by atoms with van der Waals surface area (Å²) in [5, 5.41) is 4.26. The van der Waals surface area contributed by atoms with Gasteiger partial charge in [-0.25, -0.2) is 0 Å². The van der Waals surface area contributed by atoms with Gasteiger partial charge >= 0.3 is 0 Å². The molecule has 0 radical (unpaired) electrons. The van der Waals surface area contributed by atoms with Crippen LogP contribution >= 0.6 is 11.8 Å². The van der Waals surface area contributed by atoms with Gasteiger partial charge in [-0.05, 0) is 37.3 Å². The molecular formula is C13H24N2S. The summed E-state index contributed by atoms with van der Waals surface area (Å²) in [4.78, 5) is 0. The van der Waals surface area contributed by atoms with Crippen LogP contribution < -0.4 is 5.32 Å². The Morgan fingerprint density at radius 3 is 3.00 bits per heavy atom. The molecule has 1 rings (SSSR count). The molecule has 0 saturated heterocycles. The molecule has 1 aromatic heterocycles. The van der Waals surface area contributed by atoms with E-state index in [9.17, 15) is 0 Å². The lowest BCUT2D eigenvalue weighted by molar-refractivity contribution is 0.642. The van der Waals surface area contributed by atoms with E-state index in [-0.39, 0.29) is 0 Å². The topological polar surface area (TPSA) is 17.0 Å². The van der Waals surface area contributed by atoms with Crippen molar-refractivity contribution in [2.24, 2.45) is 0 Å². The third kappa shape index (κ3) is 5.08. The fourth-order valence-corrected chi connectivity index (χ4v) is 2.00. The van der Waals surface area contributed by atoms with Gasteiger partial charge in [0, 0.05) is 30.7 Å². The van der Waals surface area contributed by atoms with Crippen LogP contribution in [0.15, 0.2) is 18.5 Å². The minimum Gasteiger partial charge on any atom is -0.354 e. The van der Waals surface area contributed by atoms with Gasteiger partial charge < -0.3 is 9.88 Å². The average molecular weight is 240 g/mol. The van der Waals surface area contributed by atoms with Gasteiger partial charge in [0.1, 0.15) is 0 Å². The van der Waals surface area contributed by atoms with E-state index in [1.54, 1.807) is 0 Å². The Bertz CT molecular complexity index is 283. The maximum absolute atomic E-state index is 3.50. The van der Waals surface area contributed by atoms with Gasteiger partial charge in [-0.3, -0.25) is 0 Å². The quantitative estimate of drug-likeness (QED) is 0.703. The number of aromatic nitrogens is 1. The van der Waals surface area contributed by atoms with Crippen molar-refractivity contribution >= 4 is 11.8 Å². The molecule has 0 aliphatic carbocycles. The Morgan fingerprint density at radius 2 is 2.31 bits per heavy atom. The Balaban J connectivity index is 2.16. The molecule has 1 aromatic rings. The normalized spacial score (nSPS) is 12.9. The summed E-state index contributed by atoms with van der Waals surface area (Å²) in [5.41, 5.74) is 1.39. The zero-order valence-corrected chi connectivity index (χ0v) is 11.5. The highest BCUT2D eigenvalue weighted by molar-refractivity contribution is 7.99. The van der Waals surface area contributed by atoms with Crippen LogP contribution in [0.4, 0.5) is 0 Å². The zero-order chi connectivity index (χ0) is 11.8. The third-order valence-corrected chi connectivity index (χ3v) is 3.79. The largest absolute Gasteiger partial charge is 0.354 e. The number of aryl methyl sites for hydroxylation is 1. The van der Waals surface area contributed by atoms with Crippen molar-refractivity contribution in [2.75, 3.05) is 12.8 Å². The molecule has 0 aliphatic rings. The monoisotopic (exact) mass is 240 g/mol. The molecular weight excluding hydrogens is 216 g/mol. The van der Waals surface area contributed by atoms with Crippen molar-refractivity contribution in [1.29, 1.82) is 0 Å². The van der Waals surface area contributed by atoms with Crippen molar-refractivity contribution in [3.63, 3.8) is 0 Å². The molecule has 0 bridgehead atoms. The molecule has 0 saturated carbocycles. The number of thioether (sulfide) groups is 1. The summed E-state index contributed by atoms with van der Waals surface area (Å²) in [5.74, 6) is 0. The lowest BCUT2D eigenvalue weighted by atomic mass is 10.3. The predicted molar refractivity (Wildman–Crippen MR) is 74.0 cm³/mol. The van der Waals surface area contributed by atoms with Crippen molar-refractivity contribution in [2.45, 2.75) is 45.0 Å². The van der Waals surface area contributed by atoms with Crippen molar-refractivity contribution in [3.8, 4) is 0 Å². The number of rotatable bonds is 8. The van der Waals surface area contributed by atoms with E-state index in [0.717, 1.165) is 24.9 Å². The number of nitrogens with one attached hydrogen (secondary N) is 1. The molecule has 0 fully saturated rings. The summed E-state index contributed by atoms with van der Waals surface area (Å²) in [6.07, 6.45) is 9.04. The van der Waals surface area contributed by atoms with Gasteiger partial charge in [-0.15, -0.1) is 0 Å². The van der Waals surface area contributed by atoms with E-state index in [2.05, 4.69) is 48.4 Å². The van der Waals surface area contributed by atoms with Crippen LogP contribution in [-0.4, -0.2) is 22.6 Å². The number of nitrogens with zero attached hydrogens (tertiary/aromatic N) is 1. The first kappa shape index (κ1) is 13.7. The molecule has 0 aromatic carbocycles. The number of hydrogen-bond donors (Lipinski definition) is 1. The van der Waals surface area contributed by atoms with Gasteiger partial charge in [0.2, 0.25) is 0 Å². The maximum atomic E-state index is 3.50. The van der Waals surface area contributed by atoms with Crippen LogP contribution in [0.5, 0.6) is 0 Å². The van der Waals surface area contributed by atoms with Crippen molar-refractivity contribution in [3.05, 3.63) is 24.0 Å². The minimum absolute atomic E-state index is 0.761. The fraction of sp³-hybridized carbons (Fsp3) is 0.692. The maximum Gasteiger partial charge on any atom is 0.0220 e. The lowest BCUT2D eigenvalue weighted by Crippen LogP contribution is -2.17. The molecule has 92 valence electrons. The molecule has 3 heteroatoms. The Labute approximate surface area is 104 Å². The SMILES string of the molecule is CCCn1ccc(CNCCC(C)SC)c1. The van der Waals surface area contributed by atoms with Crippen LogP contribution in [0.2, 0.25) is 0 Å². The van der Waals surface area contributed by atoms with Crippen LogP contribution in [0.3, 0.4) is 0 Å². The smallest absolute Gasteiger partial charge is 0.0220 e. The lowest BCUT2D eigenvalue weighted by Gasteiger charge is -2.08. The minimum atomic E-state index is 0.761. The van der Waals surface area contributed by atoms with E-state index < -0.39 is 0 Å². The summed E-state index contributed by atoms with van der Waals surface area (Å²) in [7, 11) is 0. The zero-order valence-electron chi connectivity index (χ0n) is 10.7. The molecule has 1 heterocycles. The first-order valence-corrected chi connectivity index (χ1v) is 7.43. The highest BCUT2D eigenvalue weighted by Crippen LogP contribution is 2.08. The first-order chi connectivity index (χ1) is 7.76. The number of hydrogen-bond acceptors (Lipinski definition) is 2. The molecule has 2 nitrogen and oxygen atoms in total. The standard InChI is InChI=1S/C13H24N2S/c1-4-8-15-9-6-13(11-15)10-14-7-5-12(2)16-3/h6,9,11-12,14H,4-5,7-8,10H2,1-3H3. The van der Waals surface area contributed by atoms with E-state index in [4.69, 9.17) is 0 Å².